The van der Waals surface area contributed by atoms with Crippen molar-refractivity contribution in [3.8, 4) is 0 Å². The molecule has 0 radical (unpaired) electrons. The molecule has 0 amide bonds. The summed E-state index contributed by atoms with van der Waals surface area (Å²) in [4.78, 5) is 0. The smallest absolute Gasteiger partial charge is 0.0788 e. The summed E-state index contributed by atoms with van der Waals surface area (Å²) in [7, 11) is 0. The van der Waals surface area contributed by atoms with Crippen molar-refractivity contribution in [2.45, 2.75) is 110 Å². The van der Waals surface area contributed by atoms with Crippen LogP contribution in [0.3, 0.4) is 0 Å². The zero-order valence-electron chi connectivity index (χ0n) is 20.4. The summed E-state index contributed by atoms with van der Waals surface area (Å²) in [5.74, 6) is 2.22. The molecule has 0 aliphatic heterocycles. The van der Waals surface area contributed by atoms with Gasteiger partial charge in [-0.15, -0.1) is 0 Å². The SMILES string of the molecule is C[C@H](CCCC(C)(C)O)C1CCC2/C(=C/C=C3/CC/C(=C\CO)C(O)C3)CCC[C@@]21C. The maximum atomic E-state index is 10.4. The van der Waals surface area contributed by atoms with Gasteiger partial charge in [0.05, 0.1) is 18.3 Å². The zero-order valence-corrected chi connectivity index (χ0v) is 20.4. The second-order valence-electron chi connectivity index (χ2n) is 11.5. The maximum absolute atomic E-state index is 10.4. The second kappa shape index (κ2) is 10.4. The van der Waals surface area contributed by atoms with E-state index in [4.69, 9.17) is 5.11 Å². The van der Waals surface area contributed by atoms with Gasteiger partial charge in [-0.25, -0.2) is 0 Å². The number of hydrogen-bond donors (Lipinski definition) is 3. The Kier molecular flexibility index (Phi) is 8.27. The molecule has 0 aromatic carbocycles. The third-order valence-corrected chi connectivity index (χ3v) is 8.68. The number of fused-ring (bicyclic) bond motifs is 1. The lowest BCUT2D eigenvalue weighted by Gasteiger charge is -2.44. The summed E-state index contributed by atoms with van der Waals surface area (Å²) in [6, 6.07) is 0. The fourth-order valence-electron chi connectivity index (χ4n) is 6.96. The molecule has 3 rings (SSSR count). The fourth-order valence-corrected chi connectivity index (χ4v) is 6.96. The molecule has 3 nitrogen and oxygen atoms in total. The predicted octanol–water partition coefficient (Wildman–Crippen LogP) is 6.10. The van der Waals surface area contributed by atoms with Crippen LogP contribution in [0.1, 0.15) is 98.3 Å². The van der Waals surface area contributed by atoms with Crippen LogP contribution in [-0.4, -0.2) is 33.6 Å². The maximum Gasteiger partial charge on any atom is 0.0788 e. The van der Waals surface area contributed by atoms with Crippen molar-refractivity contribution in [3.63, 3.8) is 0 Å². The average molecular weight is 431 g/mol. The number of hydrogen-bond acceptors (Lipinski definition) is 3. The highest BCUT2D eigenvalue weighted by molar-refractivity contribution is 5.28. The molecule has 0 saturated heterocycles. The van der Waals surface area contributed by atoms with Crippen molar-refractivity contribution in [1.82, 2.24) is 0 Å². The third-order valence-electron chi connectivity index (χ3n) is 8.68. The molecule has 5 atom stereocenters. The lowest BCUT2D eigenvalue weighted by molar-refractivity contribution is 0.0596. The summed E-state index contributed by atoms with van der Waals surface area (Å²) in [6.45, 7) is 8.87. The van der Waals surface area contributed by atoms with Crippen LogP contribution < -0.4 is 0 Å². The molecular weight excluding hydrogens is 384 g/mol. The van der Waals surface area contributed by atoms with Gasteiger partial charge in [-0.2, -0.15) is 0 Å². The zero-order chi connectivity index (χ0) is 22.6. The topological polar surface area (TPSA) is 60.7 Å². The van der Waals surface area contributed by atoms with E-state index >= 15 is 0 Å². The first-order valence-electron chi connectivity index (χ1n) is 12.7. The van der Waals surface area contributed by atoms with Crippen LogP contribution in [0.4, 0.5) is 0 Å². The third kappa shape index (κ3) is 6.12. The van der Waals surface area contributed by atoms with Crippen LogP contribution in [0.2, 0.25) is 0 Å². The first-order chi connectivity index (χ1) is 14.6. The van der Waals surface area contributed by atoms with E-state index in [1.54, 1.807) is 11.6 Å². The van der Waals surface area contributed by atoms with Crippen molar-refractivity contribution in [3.05, 3.63) is 34.9 Å². The first-order valence-corrected chi connectivity index (χ1v) is 12.7. The van der Waals surface area contributed by atoms with Crippen LogP contribution in [0, 0.1) is 23.2 Å². The monoisotopic (exact) mass is 430 g/mol. The first kappa shape index (κ1) is 24.7. The molecule has 0 bridgehead atoms. The lowest BCUT2D eigenvalue weighted by Crippen LogP contribution is -2.36. The molecule has 3 N–H and O–H groups in total. The highest BCUT2D eigenvalue weighted by atomic mass is 16.3. The van der Waals surface area contributed by atoms with Gasteiger partial charge in [-0.3, -0.25) is 0 Å². The molecule has 3 unspecified atom stereocenters. The second-order valence-corrected chi connectivity index (χ2v) is 11.5. The quantitative estimate of drug-likeness (QED) is 0.428. The largest absolute Gasteiger partial charge is 0.392 e. The van der Waals surface area contributed by atoms with Gasteiger partial charge in [-0.05, 0) is 100 Å². The van der Waals surface area contributed by atoms with Gasteiger partial charge in [0, 0.05) is 0 Å². The van der Waals surface area contributed by atoms with Crippen LogP contribution in [0.5, 0.6) is 0 Å². The number of aliphatic hydroxyl groups is 3. The summed E-state index contributed by atoms with van der Waals surface area (Å²) >= 11 is 0. The van der Waals surface area contributed by atoms with Gasteiger partial charge >= 0.3 is 0 Å². The molecule has 31 heavy (non-hydrogen) atoms. The van der Waals surface area contributed by atoms with E-state index in [1.165, 1.54) is 44.1 Å². The number of allylic oxidation sites excluding steroid dienone is 3. The predicted molar refractivity (Wildman–Crippen MR) is 129 cm³/mol. The molecular formula is C28H46O3. The lowest BCUT2D eigenvalue weighted by atomic mass is 9.60. The van der Waals surface area contributed by atoms with Crippen LogP contribution in [0.15, 0.2) is 34.9 Å². The molecule has 3 saturated carbocycles. The van der Waals surface area contributed by atoms with E-state index in [9.17, 15) is 10.2 Å². The Hall–Kier alpha value is -0.900. The molecule has 176 valence electrons. The van der Waals surface area contributed by atoms with Gasteiger partial charge in [-0.1, -0.05) is 56.1 Å². The van der Waals surface area contributed by atoms with Gasteiger partial charge < -0.3 is 15.3 Å². The van der Waals surface area contributed by atoms with E-state index < -0.39 is 11.7 Å². The standard InChI is InChI=1S/C28H46O3/c1-20(7-5-16-27(2,3)31)24-13-14-25-22(8-6-17-28(24,25)4)11-9-21-10-12-23(15-18-29)26(30)19-21/h9,11,15,20,24-26,29-31H,5-8,10,12-14,16-19H2,1-4H3/b21-9-,22-11+,23-15+/t20-,24?,25?,26?,28-/m1/s1. The summed E-state index contributed by atoms with van der Waals surface area (Å²) in [5.41, 5.74) is 3.85. The van der Waals surface area contributed by atoms with Crippen molar-refractivity contribution >= 4 is 0 Å². The Morgan fingerprint density at radius 1 is 1.13 bits per heavy atom. The number of aliphatic hydroxyl groups excluding tert-OH is 2. The fraction of sp³-hybridized carbons (Fsp3) is 0.786. The minimum absolute atomic E-state index is 0.0209. The van der Waals surface area contributed by atoms with Gasteiger partial charge in [0.15, 0.2) is 0 Å². The Balaban J connectivity index is 1.64. The Labute approximate surface area is 190 Å². The molecule has 3 heteroatoms. The highest BCUT2D eigenvalue weighted by Crippen LogP contribution is 2.60. The van der Waals surface area contributed by atoms with E-state index in [0.29, 0.717) is 17.8 Å². The number of rotatable bonds is 7. The van der Waals surface area contributed by atoms with Gasteiger partial charge in [0.2, 0.25) is 0 Å². The van der Waals surface area contributed by atoms with Crippen molar-refractivity contribution in [2.75, 3.05) is 6.61 Å². The molecule has 0 spiro atoms. The Morgan fingerprint density at radius 2 is 1.90 bits per heavy atom. The average Bonchev–Trinajstić information content (AvgIpc) is 3.05. The minimum atomic E-state index is -0.544. The van der Waals surface area contributed by atoms with E-state index in [1.807, 2.05) is 13.8 Å². The molecule has 3 aliphatic carbocycles. The highest BCUT2D eigenvalue weighted by Gasteiger charge is 2.50. The van der Waals surface area contributed by atoms with Gasteiger partial charge in [0.1, 0.15) is 0 Å². The van der Waals surface area contributed by atoms with Crippen molar-refractivity contribution in [1.29, 1.82) is 0 Å². The molecule has 0 aromatic rings. The van der Waals surface area contributed by atoms with Crippen molar-refractivity contribution < 1.29 is 15.3 Å². The normalized spacial score (nSPS) is 36.9. The van der Waals surface area contributed by atoms with Crippen LogP contribution >= 0.6 is 0 Å². The summed E-state index contributed by atoms with van der Waals surface area (Å²) in [5, 5.41) is 29.5. The minimum Gasteiger partial charge on any atom is -0.392 e. The van der Waals surface area contributed by atoms with E-state index in [2.05, 4.69) is 26.0 Å². The van der Waals surface area contributed by atoms with E-state index in [0.717, 1.165) is 43.1 Å². The molecule has 0 aromatic heterocycles. The Morgan fingerprint density at radius 3 is 2.58 bits per heavy atom. The molecule has 3 aliphatic rings. The van der Waals surface area contributed by atoms with E-state index in [-0.39, 0.29) is 6.61 Å². The summed E-state index contributed by atoms with van der Waals surface area (Å²) in [6.07, 6.45) is 18.4. The Bertz CT molecular complexity index is 696. The van der Waals surface area contributed by atoms with Crippen LogP contribution in [0.25, 0.3) is 0 Å². The van der Waals surface area contributed by atoms with Crippen molar-refractivity contribution in [2.24, 2.45) is 23.2 Å². The van der Waals surface area contributed by atoms with Gasteiger partial charge in [0.25, 0.3) is 0 Å². The van der Waals surface area contributed by atoms with Crippen LogP contribution in [-0.2, 0) is 0 Å². The summed E-state index contributed by atoms with van der Waals surface area (Å²) < 4.78 is 0. The molecule has 0 heterocycles. The molecule has 3 fully saturated rings.